The van der Waals surface area contributed by atoms with Gasteiger partial charge in [-0.15, -0.1) is 0 Å². The Bertz CT molecular complexity index is 325. The zero-order valence-electron chi connectivity index (χ0n) is 16.6. The Hall–Kier alpha value is -0.530. The lowest BCUT2D eigenvalue weighted by Crippen LogP contribution is -2.26. The fourth-order valence-corrected chi connectivity index (χ4v) is 5.12. The second-order valence-electron chi connectivity index (χ2n) is 8.49. The fraction of sp³-hybridized carbons (Fsp3) is 0.955. The Labute approximate surface area is 150 Å². The normalized spacial score (nSPS) is 28.3. The highest BCUT2D eigenvalue weighted by Gasteiger charge is 2.40. The van der Waals surface area contributed by atoms with E-state index in [-0.39, 0.29) is 0 Å². The van der Waals surface area contributed by atoms with Crippen molar-refractivity contribution in [3.05, 3.63) is 0 Å². The quantitative estimate of drug-likeness (QED) is 0.404. The summed E-state index contributed by atoms with van der Waals surface area (Å²) in [5.74, 6) is 1.48. The van der Waals surface area contributed by atoms with E-state index in [0.29, 0.717) is 11.8 Å². The summed E-state index contributed by atoms with van der Waals surface area (Å²) in [6.07, 6.45) is 19.4. The van der Waals surface area contributed by atoms with Gasteiger partial charge in [-0.25, -0.2) is 0 Å². The molecule has 142 valence electrons. The van der Waals surface area contributed by atoms with E-state index in [1.165, 1.54) is 77.0 Å². The van der Waals surface area contributed by atoms with Crippen LogP contribution in [-0.2, 0) is 4.79 Å². The largest absolute Gasteiger partial charge is 0.481 e. The Balaban J connectivity index is 0.00000139. The Morgan fingerprint density at radius 1 is 0.875 bits per heavy atom. The maximum atomic E-state index is 10.4. The summed E-state index contributed by atoms with van der Waals surface area (Å²) in [7, 11) is 0. The molecule has 2 aliphatic rings. The molecule has 2 aliphatic carbocycles. The molecule has 0 spiro atoms. The summed E-state index contributed by atoms with van der Waals surface area (Å²) >= 11 is 0. The van der Waals surface area contributed by atoms with Crippen LogP contribution >= 0.6 is 0 Å². The van der Waals surface area contributed by atoms with Crippen LogP contribution in [0.15, 0.2) is 0 Å². The lowest BCUT2D eigenvalue weighted by Gasteiger charge is -2.38. The van der Waals surface area contributed by atoms with Crippen LogP contribution in [0.1, 0.15) is 117 Å². The van der Waals surface area contributed by atoms with Gasteiger partial charge >= 0.3 is 5.97 Å². The van der Waals surface area contributed by atoms with Crippen LogP contribution in [0.2, 0.25) is 0 Å². The van der Waals surface area contributed by atoms with E-state index in [4.69, 9.17) is 5.11 Å². The van der Waals surface area contributed by atoms with Crippen LogP contribution in [-0.4, -0.2) is 11.1 Å². The highest BCUT2D eigenvalue weighted by Crippen LogP contribution is 2.52. The summed E-state index contributed by atoms with van der Waals surface area (Å²) in [5, 5.41) is 8.58. The molecule has 0 aromatic carbocycles. The van der Waals surface area contributed by atoms with E-state index in [9.17, 15) is 4.79 Å². The van der Waals surface area contributed by atoms with Gasteiger partial charge in [0.1, 0.15) is 0 Å². The third-order valence-electron chi connectivity index (χ3n) is 6.13. The summed E-state index contributed by atoms with van der Waals surface area (Å²) in [6.45, 7) is 6.56. The minimum atomic E-state index is -0.648. The first-order chi connectivity index (χ1) is 11.6. The van der Waals surface area contributed by atoms with Crippen molar-refractivity contribution in [3.63, 3.8) is 0 Å². The first-order valence-electron chi connectivity index (χ1n) is 10.8. The maximum absolute atomic E-state index is 10.4. The average molecular weight is 339 g/mol. The van der Waals surface area contributed by atoms with E-state index in [0.717, 1.165) is 24.7 Å². The maximum Gasteiger partial charge on any atom is 0.303 e. The van der Waals surface area contributed by atoms with Crippen molar-refractivity contribution in [2.45, 2.75) is 117 Å². The Morgan fingerprint density at radius 2 is 1.33 bits per heavy atom. The molecular weight excluding hydrogens is 296 g/mol. The number of aliphatic carboxylic acids is 1. The van der Waals surface area contributed by atoms with Crippen LogP contribution < -0.4 is 0 Å². The number of unbranched alkanes of at least 4 members (excludes halogenated alkanes) is 7. The molecule has 2 atom stereocenters. The van der Waals surface area contributed by atoms with Crippen LogP contribution in [0.4, 0.5) is 0 Å². The molecule has 0 heterocycles. The SMILES string of the molecule is CC.CC1(CCCCCCCCCCC(=O)O)CC2CCC(C2)C1. The molecule has 0 amide bonds. The van der Waals surface area contributed by atoms with E-state index >= 15 is 0 Å². The highest BCUT2D eigenvalue weighted by atomic mass is 16.4. The molecule has 0 saturated heterocycles. The molecule has 1 N–H and O–H groups in total. The summed E-state index contributed by atoms with van der Waals surface area (Å²) in [6, 6.07) is 0. The number of carbonyl (C=O) groups is 1. The molecule has 0 aromatic rings. The van der Waals surface area contributed by atoms with Crippen molar-refractivity contribution in [2.75, 3.05) is 0 Å². The van der Waals surface area contributed by atoms with Gasteiger partial charge in [0.05, 0.1) is 0 Å². The summed E-state index contributed by atoms with van der Waals surface area (Å²) in [4.78, 5) is 10.4. The second-order valence-corrected chi connectivity index (χ2v) is 8.49. The van der Waals surface area contributed by atoms with Gasteiger partial charge in [-0.3, -0.25) is 4.79 Å². The lowest BCUT2D eigenvalue weighted by molar-refractivity contribution is -0.137. The average Bonchev–Trinajstić information content (AvgIpc) is 2.90. The highest BCUT2D eigenvalue weighted by molar-refractivity contribution is 5.66. The van der Waals surface area contributed by atoms with Gasteiger partial charge in [0, 0.05) is 6.42 Å². The first kappa shape index (κ1) is 21.5. The standard InChI is InChI=1S/C20H36O2.C2H6/c1-20(15-17-11-12-18(14-17)16-20)13-9-7-5-3-2-4-6-8-10-19(21)22;1-2/h17-18H,2-16H2,1H3,(H,21,22);1-2H3. The fourth-order valence-electron chi connectivity index (χ4n) is 5.12. The molecule has 2 rings (SSSR count). The van der Waals surface area contributed by atoms with Gasteiger partial charge in [0.15, 0.2) is 0 Å². The molecular formula is C22H42O2. The molecule has 0 aromatic heterocycles. The van der Waals surface area contributed by atoms with E-state index < -0.39 is 5.97 Å². The van der Waals surface area contributed by atoms with Crippen LogP contribution in [0.3, 0.4) is 0 Å². The molecule has 0 radical (unpaired) electrons. The van der Waals surface area contributed by atoms with Gasteiger partial charge in [-0.1, -0.05) is 78.6 Å². The van der Waals surface area contributed by atoms with Crippen molar-refractivity contribution in [3.8, 4) is 0 Å². The molecule has 2 saturated carbocycles. The van der Waals surface area contributed by atoms with Gasteiger partial charge in [-0.05, 0) is 49.4 Å². The zero-order chi connectivity index (χ0) is 17.8. The van der Waals surface area contributed by atoms with Crippen molar-refractivity contribution >= 4 is 5.97 Å². The topological polar surface area (TPSA) is 37.3 Å². The monoisotopic (exact) mass is 338 g/mol. The van der Waals surface area contributed by atoms with Gasteiger partial charge in [0.25, 0.3) is 0 Å². The molecule has 2 nitrogen and oxygen atoms in total. The molecule has 2 heteroatoms. The molecule has 2 unspecified atom stereocenters. The molecule has 2 fully saturated rings. The number of hydrogen-bond acceptors (Lipinski definition) is 1. The van der Waals surface area contributed by atoms with E-state index in [1.54, 1.807) is 0 Å². The first-order valence-corrected chi connectivity index (χ1v) is 10.8. The van der Waals surface area contributed by atoms with Gasteiger partial charge in [0.2, 0.25) is 0 Å². The number of carboxylic acids is 1. The smallest absolute Gasteiger partial charge is 0.303 e. The lowest BCUT2D eigenvalue weighted by atomic mass is 9.68. The molecule has 24 heavy (non-hydrogen) atoms. The van der Waals surface area contributed by atoms with Crippen LogP contribution in [0.5, 0.6) is 0 Å². The van der Waals surface area contributed by atoms with Crippen LogP contribution in [0.25, 0.3) is 0 Å². The van der Waals surface area contributed by atoms with Crippen molar-refractivity contribution in [1.29, 1.82) is 0 Å². The predicted octanol–water partition coefficient (Wildman–Crippen LogP) is 7.21. The van der Waals surface area contributed by atoms with E-state index in [2.05, 4.69) is 6.92 Å². The van der Waals surface area contributed by atoms with Crippen molar-refractivity contribution in [2.24, 2.45) is 17.3 Å². The number of hydrogen-bond donors (Lipinski definition) is 1. The minimum Gasteiger partial charge on any atom is -0.481 e. The van der Waals surface area contributed by atoms with Gasteiger partial charge < -0.3 is 5.11 Å². The predicted molar refractivity (Wildman–Crippen MR) is 103 cm³/mol. The second kappa shape index (κ2) is 11.9. The summed E-state index contributed by atoms with van der Waals surface area (Å²) in [5.41, 5.74) is 0.668. The third-order valence-corrected chi connectivity index (χ3v) is 6.13. The number of carboxylic acid groups (broad SMARTS) is 1. The van der Waals surface area contributed by atoms with Crippen LogP contribution in [0, 0.1) is 17.3 Å². The van der Waals surface area contributed by atoms with Crippen molar-refractivity contribution < 1.29 is 9.90 Å². The molecule has 0 aliphatic heterocycles. The Kier molecular flexibility index (Phi) is 10.7. The minimum absolute atomic E-state index is 0.348. The Morgan fingerprint density at radius 3 is 1.83 bits per heavy atom. The van der Waals surface area contributed by atoms with Crippen molar-refractivity contribution in [1.82, 2.24) is 0 Å². The molecule has 2 bridgehead atoms. The van der Waals surface area contributed by atoms with E-state index in [1.807, 2.05) is 13.8 Å². The number of rotatable bonds is 11. The number of fused-ring (bicyclic) bond motifs is 2. The van der Waals surface area contributed by atoms with Gasteiger partial charge in [-0.2, -0.15) is 0 Å². The summed E-state index contributed by atoms with van der Waals surface area (Å²) < 4.78 is 0. The third kappa shape index (κ3) is 8.53. The zero-order valence-corrected chi connectivity index (χ0v) is 16.6.